The van der Waals surface area contributed by atoms with Gasteiger partial charge in [0.2, 0.25) is 0 Å². The van der Waals surface area contributed by atoms with Crippen LogP contribution >= 0.6 is 0 Å². The Bertz CT molecular complexity index is 634. The van der Waals surface area contributed by atoms with Crippen molar-refractivity contribution in [2.75, 3.05) is 0 Å². The van der Waals surface area contributed by atoms with Crippen LogP contribution in [-0.2, 0) is 22.3 Å². The Morgan fingerprint density at radius 1 is 1.04 bits per heavy atom. The molecule has 0 heterocycles. The van der Waals surface area contributed by atoms with E-state index in [1.807, 2.05) is 30.3 Å². The van der Waals surface area contributed by atoms with Crippen LogP contribution in [0.2, 0.25) is 0 Å². The summed E-state index contributed by atoms with van der Waals surface area (Å²) in [5, 5.41) is 0. The van der Waals surface area contributed by atoms with E-state index < -0.39 is 11.7 Å². The minimum Gasteiger partial charge on any atom is -0.461 e. The first kappa shape index (κ1) is 17.1. The highest BCUT2D eigenvalue weighted by Crippen LogP contribution is 2.30. The molecule has 0 bridgehead atoms. The lowest BCUT2D eigenvalue weighted by atomic mass is 9.97. The highest BCUT2D eigenvalue weighted by Gasteiger charge is 2.30. The third kappa shape index (κ3) is 5.13. The van der Waals surface area contributed by atoms with Crippen LogP contribution in [-0.4, -0.2) is 5.97 Å². The molecule has 0 saturated carbocycles. The van der Waals surface area contributed by atoms with Crippen LogP contribution in [0, 0.1) is 0 Å². The van der Waals surface area contributed by atoms with Crippen LogP contribution in [0.15, 0.2) is 54.6 Å². The zero-order valence-electron chi connectivity index (χ0n) is 12.6. The quantitative estimate of drug-likeness (QED) is 0.729. The second-order valence-corrected chi connectivity index (χ2v) is 5.37. The van der Waals surface area contributed by atoms with Gasteiger partial charge in [0.15, 0.2) is 0 Å². The van der Waals surface area contributed by atoms with Gasteiger partial charge in [-0.3, -0.25) is 4.79 Å². The molecule has 2 rings (SSSR count). The third-order valence-electron chi connectivity index (χ3n) is 3.52. The number of hydrogen-bond acceptors (Lipinski definition) is 2. The van der Waals surface area contributed by atoms with Crippen LogP contribution in [0.1, 0.15) is 36.0 Å². The molecule has 0 spiro atoms. The van der Waals surface area contributed by atoms with E-state index in [0.717, 1.165) is 17.7 Å². The number of alkyl halides is 3. The van der Waals surface area contributed by atoms with Crippen molar-refractivity contribution in [3.63, 3.8) is 0 Å². The summed E-state index contributed by atoms with van der Waals surface area (Å²) >= 11 is 0. The molecule has 0 unspecified atom stereocenters. The number of carbonyl (C=O) groups excluding carboxylic acids is 1. The standard InChI is InChI=1S/C18H17F3O2/c1-13(15-7-9-16(10-8-15)18(19,20)21)11-17(22)23-12-14-5-3-2-4-6-14/h2-10,13H,11-12H2,1H3/t13-/m1/s1. The number of hydrogen-bond donors (Lipinski definition) is 0. The molecule has 0 radical (unpaired) electrons. The van der Waals surface area contributed by atoms with Crippen molar-refractivity contribution in [2.45, 2.75) is 32.0 Å². The van der Waals surface area contributed by atoms with E-state index in [1.54, 1.807) is 6.92 Å². The summed E-state index contributed by atoms with van der Waals surface area (Å²) < 4.78 is 42.7. The first-order valence-corrected chi connectivity index (χ1v) is 7.23. The fourth-order valence-electron chi connectivity index (χ4n) is 2.17. The molecule has 0 fully saturated rings. The van der Waals surface area contributed by atoms with E-state index in [0.29, 0.717) is 5.56 Å². The zero-order chi connectivity index (χ0) is 16.9. The molecule has 2 aromatic carbocycles. The molecule has 5 heteroatoms. The Morgan fingerprint density at radius 3 is 2.22 bits per heavy atom. The number of halogens is 3. The molecule has 0 N–H and O–H groups in total. The van der Waals surface area contributed by atoms with Gasteiger partial charge in [-0.25, -0.2) is 0 Å². The lowest BCUT2D eigenvalue weighted by Crippen LogP contribution is -2.09. The van der Waals surface area contributed by atoms with Crippen molar-refractivity contribution in [3.8, 4) is 0 Å². The predicted octanol–water partition coefficient (Wildman–Crippen LogP) is 4.94. The summed E-state index contributed by atoms with van der Waals surface area (Å²) in [4.78, 5) is 11.8. The average Bonchev–Trinajstić information content (AvgIpc) is 2.53. The van der Waals surface area contributed by atoms with Gasteiger partial charge in [0.1, 0.15) is 6.61 Å². The highest BCUT2D eigenvalue weighted by molar-refractivity contribution is 5.70. The van der Waals surface area contributed by atoms with E-state index >= 15 is 0 Å². The number of rotatable bonds is 5. The molecule has 0 aliphatic carbocycles. The van der Waals surface area contributed by atoms with Gasteiger partial charge in [0.05, 0.1) is 12.0 Å². The summed E-state index contributed by atoms with van der Waals surface area (Å²) in [5.74, 6) is -0.582. The summed E-state index contributed by atoms with van der Waals surface area (Å²) in [6, 6.07) is 14.2. The second kappa shape index (κ2) is 7.31. The molecule has 0 aliphatic rings. The van der Waals surface area contributed by atoms with Crippen molar-refractivity contribution in [3.05, 3.63) is 71.3 Å². The number of carbonyl (C=O) groups is 1. The van der Waals surface area contributed by atoms with Crippen LogP contribution in [0.3, 0.4) is 0 Å². The third-order valence-corrected chi connectivity index (χ3v) is 3.52. The molecule has 2 aromatic rings. The van der Waals surface area contributed by atoms with Gasteiger partial charge in [0, 0.05) is 0 Å². The predicted molar refractivity (Wildman–Crippen MR) is 80.7 cm³/mol. The van der Waals surface area contributed by atoms with Crippen LogP contribution in [0.25, 0.3) is 0 Å². The van der Waals surface area contributed by atoms with E-state index in [2.05, 4.69) is 0 Å². The first-order valence-electron chi connectivity index (χ1n) is 7.23. The smallest absolute Gasteiger partial charge is 0.416 e. The van der Waals surface area contributed by atoms with Crippen molar-refractivity contribution in [1.29, 1.82) is 0 Å². The Hall–Kier alpha value is -2.30. The monoisotopic (exact) mass is 322 g/mol. The van der Waals surface area contributed by atoms with Gasteiger partial charge in [-0.15, -0.1) is 0 Å². The Morgan fingerprint density at radius 2 is 1.65 bits per heavy atom. The minimum absolute atomic E-state index is 0.123. The molecular weight excluding hydrogens is 305 g/mol. The van der Waals surface area contributed by atoms with Gasteiger partial charge in [-0.05, 0) is 29.2 Å². The molecule has 1 atom stereocenters. The number of benzene rings is 2. The maximum absolute atomic E-state index is 12.5. The van der Waals surface area contributed by atoms with Gasteiger partial charge in [-0.1, -0.05) is 49.4 Å². The van der Waals surface area contributed by atoms with Crippen molar-refractivity contribution < 1.29 is 22.7 Å². The molecule has 0 amide bonds. The van der Waals surface area contributed by atoms with Crippen LogP contribution in [0.5, 0.6) is 0 Å². The molecular formula is C18H17F3O2. The summed E-state index contributed by atoms with van der Waals surface area (Å²) in [5.41, 5.74) is 0.873. The van der Waals surface area contributed by atoms with Crippen molar-refractivity contribution in [2.24, 2.45) is 0 Å². The second-order valence-electron chi connectivity index (χ2n) is 5.37. The Kier molecular flexibility index (Phi) is 5.42. The summed E-state index contributed by atoms with van der Waals surface area (Å²) in [6.45, 7) is 1.98. The molecule has 0 saturated heterocycles. The Balaban J connectivity index is 1.88. The summed E-state index contributed by atoms with van der Waals surface area (Å²) in [6.07, 6.45) is -4.23. The lowest BCUT2D eigenvalue weighted by Gasteiger charge is -2.13. The fourth-order valence-corrected chi connectivity index (χ4v) is 2.17. The first-order chi connectivity index (χ1) is 10.9. The lowest BCUT2D eigenvalue weighted by molar-refractivity contribution is -0.145. The van der Waals surface area contributed by atoms with E-state index in [-0.39, 0.29) is 24.9 Å². The SMILES string of the molecule is C[C@H](CC(=O)OCc1ccccc1)c1ccc(C(F)(F)F)cc1. The van der Waals surface area contributed by atoms with Gasteiger partial charge < -0.3 is 4.74 Å². The van der Waals surface area contributed by atoms with E-state index in [4.69, 9.17) is 4.74 Å². The maximum atomic E-state index is 12.5. The molecule has 23 heavy (non-hydrogen) atoms. The van der Waals surface area contributed by atoms with Crippen molar-refractivity contribution >= 4 is 5.97 Å². The number of esters is 1. The van der Waals surface area contributed by atoms with Crippen LogP contribution in [0.4, 0.5) is 13.2 Å². The van der Waals surface area contributed by atoms with Gasteiger partial charge in [-0.2, -0.15) is 13.2 Å². The molecule has 122 valence electrons. The van der Waals surface area contributed by atoms with Gasteiger partial charge in [0.25, 0.3) is 0 Å². The minimum atomic E-state index is -4.35. The van der Waals surface area contributed by atoms with Crippen LogP contribution < -0.4 is 0 Å². The molecule has 0 aliphatic heterocycles. The fraction of sp³-hybridized carbons (Fsp3) is 0.278. The maximum Gasteiger partial charge on any atom is 0.416 e. The topological polar surface area (TPSA) is 26.3 Å². The van der Waals surface area contributed by atoms with E-state index in [1.165, 1.54) is 12.1 Å². The zero-order valence-corrected chi connectivity index (χ0v) is 12.6. The Labute approximate surface area is 132 Å². The number of ether oxygens (including phenoxy) is 1. The largest absolute Gasteiger partial charge is 0.461 e. The molecule has 0 aromatic heterocycles. The van der Waals surface area contributed by atoms with Gasteiger partial charge >= 0.3 is 12.1 Å². The average molecular weight is 322 g/mol. The summed E-state index contributed by atoms with van der Waals surface area (Å²) in [7, 11) is 0. The molecule has 2 nitrogen and oxygen atoms in total. The highest BCUT2D eigenvalue weighted by atomic mass is 19.4. The van der Waals surface area contributed by atoms with E-state index in [9.17, 15) is 18.0 Å². The normalized spacial score (nSPS) is 12.7. The van der Waals surface area contributed by atoms with Crippen molar-refractivity contribution in [1.82, 2.24) is 0 Å².